The van der Waals surface area contributed by atoms with Gasteiger partial charge in [-0.25, -0.2) is 0 Å². The third-order valence-electron chi connectivity index (χ3n) is 8.64. The van der Waals surface area contributed by atoms with Gasteiger partial charge in [-0.15, -0.1) is 0 Å². The van der Waals surface area contributed by atoms with Gasteiger partial charge in [-0.1, -0.05) is 62.2 Å². The minimum absolute atomic E-state index is 0.614. The molecule has 0 aromatic heterocycles. The van der Waals surface area contributed by atoms with Crippen LogP contribution >= 0.6 is 0 Å². The molecule has 0 nitrogen and oxygen atoms in total. The van der Waals surface area contributed by atoms with Crippen molar-refractivity contribution in [1.82, 2.24) is 0 Å². The van der Waals surface area contributed by atoms with Crippen LogP contribution in [0.5, 0.6) is 0 Å². The molecule has 0 spiro atoms. The smallest absolute Gasteiger partial charge is 0.00203 e. The molecular formula is C27H34. The largest absolute Gasteiger partial charge is 0.0622 e. The van der Waals surface area contributed by atoms with E-state index in [-0.39, 0.29) is 0 Å². The van der Waals surface area contributed by atoms with Gasteiger partial charge in [-0.3, -0.25) is 0 Å². The summed E-state index contributed by atoms with van der Waals surface area (Å²) in [6, 6.07) is 16.0. The molecule has 0 heteroatoms. The number of hydrogen-bond donors (Lipinski definition) is 0. The maximum absolute atomic E-state index is 2.66. The Bertz CT molecular complexity index is 817. The van der Waals surface area contributed by atoms with Crippen LogP contribution in [-0.2, 0) is 12.8 Å². The monoisotopic (exact) mass is 358 g/mol. The predicted molar refractivity (Wildman–Crippen MR) is 114 cm³/mol. The van der Waals surface area contributed by atoms with Gasteiger partial charge in [-0.05, 0) is 103 Å². The fourth-order valence-corrected chi connectivity index (χ4v) is 7.15. The summed E-state index contributed by atoms with van der Waals surface area (Å²) in [6.45, 7) is 4.99. The minimum Gasteiger partial charge on any atom is -0.0622 e. The summed E-state index contributed by atoms with van der Waals surface area (Å²) in [4.78, 5) is 0. The van der Waals surface area contributed by atoms with Crippen molar-refractivity contribution in [3.63, 3.8) is 0 Å². The second-order valence-corrected chi connectivity index (χ2v) is 9.87. The van der Waals surface area contributed by atoms with E-state index < -0.39 is 0 Å². The lowest BCUT2D eigenvalue weighted by Gasteiger charge is -2.56. The van der Waals surface area contributed by atoms with Crippen molar-refractivity contribution in [2.24, 2.45) is 17.3 Å². The van der Waals surface area contributed by atoms with Crippen LogP contribution in [0.3, 0.4) is 0 Å². The zero-order chi connectivity index (χ0) is 18.4. The highest BCUT2D eigenvalue weighted by molar-refractivity contribution is 5.47. The lowest BCUT2D eigenvalue weighted by atomic mass is 9.49. The molecule has 0 aliphatic heterocycles. The first-order chi connectivity index (χ1) is 13.2. The predicted octanol–water partition coefficient (Wildman–Crippen LogP) is 7.22. The molecule has 2 aromatic carbocycles. The molecule has 4 atom stereocenters. The number of rotatable bonds is 2. The van der Waals surface area contributed by atoms with Gasteiger partial charge in [0, 0.05) is 0 Å². The van der Waals surface area contributed by atoms with E-state index >= 15 is 0 Å². The molecule has 0 radical (unpaired) electrons. The molecule has 0 saturated heterocycles. The number of benzene rings is 2. The lowest BCUT2D eigenvalue weighted by Crippen LogP contribution is -2.46. The first-order valence-corrected chi connectivity index (χ1v) is 11.3. The van der Waals surface area contributed by atoms with E-state index in [1.807, 2.05) is 0 Å². The van der Waals surface area contributed by atoms with Crippen LogP contribution in [0, 0.1) is 24.2 Å². The average Bonchev–Trinajstić information content (AvgIpc) is 2.70. The summed E-state index contributed by atoms with van der Waals surface area (Å²) in [6.07, 6.45) is 12.7. The normalized spacial score (nSPS) is 32.3. The van der Waals surface area contributed by atoms with Gasteiger partial charge in [0.2, 0.25) is 0 Å². The molecule has 0 heterocycles. The molecule has 27 heavy (non-hydrogen) atoms. The standard InChI is InChI=1S/C27H34/c1-19-11-13-22-23(25(19)18-20-8-4-3-5-9-20)15-16-26-24(22)14-12-21-10-6-7-17-27(21,26)2/h3-5,8-9,11,13,21,24,26H,6-7,10,12,14-18H2,1-2H3/t21-,24-,26+,27+/m1/s1. The van der Waals surface area contributed by atoms with Crippen molar-refractivity contribution in [3.05, 3.63) is 70.3 Å². The van der Waals surface area contributed by atoms with Crippen molar-refractivity contribution < 1.29 is 0 Å². The van der Waals surface area contributed by atoms with E-state index in [2.05, 4.69) is 56.3 Å². The maximum Gasteiger partial charge on any atom is -0.00203 e. The van der Waals surface area contributed by atoms with Gasteiger partial charge in [0.25, 0.3) is 0 Å². The molecule has 2 aromatic rings. The minimum atomic E-state index is 0.614. The highest BCUT2D eigenvalue weighted by Gasteiger charge is 2.50. The van der Waals surface area contributed by atoms with Crippen LogP contribution in [0.4, 0.5) is 0 Å². The molecule has 3 aliphatic carbocycles. The number of hydrogen-bond acceptors (Lipinski definition) is 0. The van der Waals surface area contributed by atoms with Gasteiger partial charge in [0.05, 0.1) is 0 Å². The SMILES string of the molecule is Cc1ccc2c(c1Cc1ccccc1)CC[C@H]1[C@@H]2CC[C@H]2CCCC[C@@]21C. The van der Waals surface area contributed by atoms with Gasteiger partial charge < -0.3 is 0 Å². The fourth-order valence-electron chi connectivity index (χ4n) is 7.15. The Labute approximate surface area is 165 Å². The second kappa shape index (κ2) is 6.80. The third kappa shape index (κ3) is 2.87. The lowest BCUT2D eigenvalue weighted by molar-refractivity contribution is -0.0204. The van der Waals surface area contributed by atoms with E-state index in [0.29, 0.717) is 5.41 Å². The third-order valence-corrected chi connectivity index (χ3v) is 8.64. The summed E-state index contributed by atoms with van der Waals surface area (Å²) in [5.41, 5.74) is 8.65. The quantitative estimate of drug-likeness (QED) is 0.531. The van der Waals surface area contributed by atoms with E-state index in [0.717, 1.165) is 24.2 Å². The highest BCUT2D eigenvalue weighted by Crippen LogP contribution is 2.61. The van der Waals surface area contributed by atoms with Gasteiger partial charge >= 0.3 is 0 Å². The van der Waals surface area contributed by atoms with Crippen molar-refractivity contribution in [2.75, 3.05) is 0 Å². The Kier molecular flexibility index (Phi) is 4.42. The van der Waals surface area contributed by atoms with E-state index in [1.165, 1.54) is 62.5 Å². The maximum atomic E-state index is 2.66. The topological polar surface area (TPSA) is 0 Å². The first-order valence-electron chi connectivity index (χ1n) is 11.3. The van der Waals surface area contributed by atoms with Crippen LogP contribution < -0.4 is 0 Å². The Hall–Kier alpha value is -1.56. The van der Waals surface area contributed by atoms with E-state index in [1.54, 1.807) is 16.7 Å². The van der Waals surface area contributed by atoms with Gasteiger partial charge in [0.1, 0.15) is 0 Å². The van der Waals surface area contributed by atoms with Crippen molar-refractivity contribution in [1.29, 1.82) is 0 Å². The van der Waals surface area contributed by atoms with E-state index in [9.17, 15) is 0 Å². The summed E-state index contributed by atoms with van der Waals surface area (Å²) in [5.74, 6) is 2.75. The summed E-state index contributed by atoms with van der Waals surface area (Å²) < 4.78 is 0. The molecule has 0 amide bonds. The first kappa shape index (κ1) is 17.5. The number of aryl methyl sites for hydroxylation is 1. The Morgan fingerprint density at radius 3 is 2.63 bits per heavy atom. The molecule has 2 saturated carbocycles. The molecule has 0 bridgehead atoms. The molecule has 2 fully saturated rings. The molecule has 5 rings (SSSR count). The summed E-state index contributed by atoms with van der Waals surface area (Å²) in [5, 5.41) is 0. The van der Waals surface area contributed by atoms with Crippen LogP contribution in [0.2, 0.25) is 0 Å². The Morgan fingerprint density at radius 2 is 1.78 bits per heavy atom. The Morgan fingerprint density at radius 1 is 0.926 bits per heavy atom. The molecular weight excluding hydrogens is 324 g/mol. The van der Waals surface area contributed by atoms with Gasteiger partial charge in [-0.2, -0.15) is 0 Å². The van der Waals surface area contributed by atoms with Crippen molar-refractivity contribution in [3.8, 4) is 0 Å². The van der Waals surface area contributed by atoms with Crippen LogP contribution in [0.15, 0.2) is 42.5 Å². The summed E-state index contributed by atoms with van der Waals surface area (Å²) in [7, 11) is 0. The Balaban J connectivity index is 1.52. The van der Waals surface area contributed by atoms with Crippen molar-refractivity contribution in [2.45, 2.75) is 77.6 Å². The highest BCUT2D eigenvalue weighted by atomic mass is 14.5. The van der Waals surface area contributed by atoms with Crippen LogP contribution in [-0.4, -0.2) is 0 Å². The van der Waals surface area contributed by atoms with Crippen LogP contribution in [0.1, 0.15) is 85.6 Å². The molecule has 0 unspecified atom stereocenters. The summed E-state index contributed by atoms with van der Waals surface area (Å²) >= 11 is 0. The van der Waals surface area contributed by atoms with Crippen molar-refractivity contribution >= 4 is 0 Å². The van der Waals surface area contributed by atoms with Gasteiger partial charge in [0.15, 0.2) is 0 Å². The zero-order valence-electron chi connectivity index (χ0n) is 17.1. The van der Waals surface area contributed by atoms with E-state index in [4.69, 9.17) is 0 Å². The second-order valence-electron chi connectivity index (χ2n) is 9.87. The number of fused-ring (bicyclic) bond motifs is 5. The molecule has 0 N–H and O–H groups in total. The molecule has 3 aliphatic rings. The molecule has 142 valence electrons. The fraction of sp³-hybridized carbons (Fsp3) is 0.556. The average molecular weight is 359 g/mol. The zero-order valence-corrected chi connectivity index (χ0v) is 17.1. The van der Waals surface area contributed by atoms with Crippen LogP contribution in [0.25, 0.3) is 0 Å².